The van der Waals surface area contributed by atoms with Crippen LogP contribution in [0.25, 0.3) is 0 Å². The van der Waals surface area contributed by atoms with Crippen LogP contribution >= 0.6 is 11.9 Å². The summed E-state index contributed by atoms with van der Waals surface area (Å²) in [5.74, 6) is 0. The van der Waals surface area contributed by atoms with E-state index in [2.05, 4.69) is 4.40 Å². The quantitative estimate of drug-likeness (QED) is 0.409. The first-order chi connectivity index (χ1) is 1.89. The highest BCUT2D eigenvalue weighted by Crippen LogP contribution is 2.15. The zero-order valence-electron chi connectivity index (χ0n) is 1.93. The van der Waals surface area contributed by atoms with E-state index in [0.717, 1.165) is 0 Å². The molecule has 0 spiro atoms. The maximum Gasteiger partial charge on any atom is 0.189 e. The van der Waals surface area contributed by atoms with Crippen molar-refractivity contribution in [3.05, 3.63) is 0 Å². The molecule has 0 saturated heterocycles. The largest absolute Gasteiger partial charge is 0.376 e. The van der Waals surface area contributed by atoms with Crippen LogP contribution in [0.3, 0.4) is 0 Å². The van der Waals surface area contributed by atoms with Gasteiger partial charge in [0.05, 0.1) is 11.9 Å². The van der Waals surface area contributed by atoms with Crippen molar-refractivity contribution in [3.8, 4) is 0 Å². The second-order valence-electron chi connectivity index (χ2n) is 0.521. The van der Waals surface area contributed by atoms with E-state index < -0.39 is 0 Å². The molecule has 0 aromatic heterocycles. The predicted molar refractivity (Wildman–Crippen MR) is 19.2 cm³/mol. The maximum atomic E-state index is 4.94. The molecule has 4 heavy (non-hydrogen) atoms. The lowest BCUT2D eigenvalue weighted by Crippen LogP contribution is -1.88. The van der Waals surface area contributed by atoms with Crippen LogP contribution in [-0.4, -0.2) is 5.17 Å². The van der Waals surface area contributed by atoms with Crippen LogP contribution in [0.2, 0.25) is 0 Å². The van der Waals surface area contributed by atoms with E-state index in [4.69, 9.17) is 5.73 Å². The minimum Gasteiger partial charge on any atom is -0.376 e. The molecule has 0 bridgehead atoms. The maximum absolute atomic E-state index is 4.94. The zero-order chi connectivity index (χ0) is 2.99. The third-order valence-corrected chi connectivity index (χ3v) is 0.590. The van der Waals surface area contributed by atoms with Crippen LogP contribution < -0.4 is 5.73 Å². The number of hydrogen-bond acceptors (Lipinski definition) is 3. The fraction of sp³-hybridized carbons (Fsp3) is 0. The van der Waals surface area contributed by atoms with Gasteiger partial charge in [-0.25, -0.2) is 0 Å². The Morgan fingerprint density at radius 2 is 2.25 bits per heavy atom. The first kappa shape index (κ1) is 2.08. The molecular formula is CH2N2S. The summed E-state index contributed by atoms with van der Waals surface area (Å²) in [6, 6.07) is 0. The summed E-state index contributed by atoms with van der Waals surface area (Å²) in [6.07, 6.45) is 0. The highest BCUT2D eigenvalue weighted by Gasteiger charge is 2.01. The van der Waals surface area contributed by atoms with Crippen LogP contribution in [0.1, 0.15) is 0 Å². The number of rotatable bonds is 0. The Bertz CT molecular complexity index is 57.1. The minimum absolute atomic E-state index is 0.708. The second-order valence-corrected chi connectivity index (χ2v) is 1.30. The smallest absolute Gasteiger partial charge is 0.189 e. The third kappa shape index (κ3) is 0.154. The Labute approximate surface area is 28.2 Å². The van der Waals surface area contributed by atoms with Gasteiger partial charge < -0.3 is 5.73 Å². The minimum atomic E-state index is 0.708. The summed E-state index contributed by atoms with van der Waals surface area (Å²) in [5.41, 5.74) is 4.94. The summed E-state index contributed by atoms with van der Waals surface area (Å²) in [4.78, 5) is 0. The van der Waals surface area contributed by atoms with E-state index in [1.165, 1.54) is 11.9 Å². The van der Waals surface area contributed by atoms with E-state index in [1.807, 2.05) is 0 Å². The van der Waals surface area contributed by atoms with Gasteiger partial charge in [0, 0.05) is 0 Å². The fourth-order valence-corrected chi connectivity index (χ4v) is 0.0791. The lowest BCUT2D eigenvalue weighted by Gasteiger charge is -1.43. The monoisotopic (exact) mass is 74.0 g/mol. The number of amidine groups is 1. The predicted octanol–water partition coefficient (Wildman–Crippen LogP) is -0.0371. The highest BCUT2D eigenvalue weighted by molar-refractivity contribution is 8.19. The van der Waals surface area contributed by atoms with Crippen molar-refractivity contribution in [2.45, 2.75) is 0 Å². The molecule has 22 valence electrons. The molecule has 1 heterocycles. The Morgan fingerprint density at radius 3 is 2.25 bits per heavy atom. The Morgan fingerprint density at radius 1 is 2.00 bits per heavy atom. The normalized spacial score (nSPS) is 19.5. The van der Waals surface area contributed by atoms with Crippen molar-refractivity contribution < 1.29 is 0 Å². The van der Waals surface area contributed by atoms with Crippen molar-refractivity contribution in [3.63, 3.8) is 0 Å². The van der Waals surface area contributed by atoms with Gasteiger partial charge in [-0.2, -0.15) is 4.40 Å². The molecule has 0 aromatic rings. The number of nitrogens with two attached hydrogens (primary N) is 1. The molecule has 2 N–H and O–H groups in total. The standard InChI is InChI=1S/CH2N2S/c2-1-3-4-1/h(H2,2,3). The first-order valence-corrected chi connectivity index (χ1v) is 1.67. The van der Waals surface area contributed by atoms with Gasteiger partial charge in [0.25, 0.3) is 0 Å². The van der Waals surface area contributed by atoms with E-state index in [1.54, 1.807) is 0 Å². The van der Waals surface area contributed by atoms with Crippen molar-refractivity contribution >= 4 is 17.1 Å². The fourth-order valence-electron chi connectivity index (χ4n) is 0.0264. The molecule has 0 aromatic carbocycles. The van der Waals surface area contributed by atoms with Gasteiger partial charge in [-0.15, -0.1) is 0 Å². The van der Waals surface area contributed by atoms with Gasteiger partial charge in [0.1, 0.15) is 0 Å². The van der Waals surface area contributed by atoms with E-state index in [0.29, 0.717) is 5.17 Å². The number of nitrogens with zero attached hydrogens (tertiary/aromatic N) is 1. The average molecular weight is 74.1 g/mol. The van der Waals surface area contributed by atoms with Crippen molar-refractivity contribution in [2.24, 2.45) is 10.1 Å². The summed E-state index contributed by atoms with van der Waals surface area (Å²) >= 11 is 1.34. The van der Waals surface area contributed by atoms with Crippen LogP contribution in [0.4, 0.5) is 0 Å². The molecule has 1 rings (SSSR count). The van der Waals surface area contributed by atoms with Crippen molar-refractivity contribution in [1.29, 1.82) is 0 Å². The lowest BCUT2D eigenvalue weighted by molar-refractivity contribution is 1.83. The van der Waals surface area contributed by atoms with Crippen LogP contribution in [-0.2, 0) is 0 Å². The summed E-state index contributed by atoms with van der Waals surface area (Å²) < 4.78 is 3.51. The van der Waals surface area contributed by atoms with Crippen LogP contribution in [0, 0.1) is 0 Å². The summed E-state index contributed by atoms with van der Waals surface area (Å²) in [7, 11) is 0. The first-order valence-electron chi connectivity index (χ1n) is 0.899. The van der Waals surface area contributed by atoms with E-state index in [-0.39, 0.29) is 0 Å². The molecule has 1 aliphatic rings. The molecule has 0 saturated carbocycles. The molecule has 2 nitrogen and oxygen atoms in total. The molecule has 3 heteroatoms. The Hall–Kier alpha value is -0.180. The third-order valence-electron chi connectivity index (χ3n) is 0.197. The molecule has 0 amide bonds. The van der Waals surface area contributed by atoms with Gasteiger partial charge >= 0.3 is 0 Å². The molecule has 0 fully saturated rings. The van der Waals surface area contributed by atoms with E-state index >= 15 is 0 Å². The van der Waals surface area contributed by atoms with Gasteiger partial charge in [-0.05, 0) is 0 Å². The Kier molecular flexibility index (Phi) is 0.209. The number of hydrogen-bond donors (Lipinski definition) is 1. The SMILES string of the molecule is NC1=NS1. The molecular weight excluding hydrogens is 72.1 g/mol. The van der Waals surface area contributed by atoms with Gasteiger partial charge in [-0.1, -0.05) is 0 Å². The van der Waals surface area contributed by atoms with Crippen LogP contribution in [0.15, 0.2) is 4.40 Å². The molecule has 0 aliphatic carbocycles. The van der Waals surface area contributed by atoms with Gasteiger partial charge in [-0.3, -0.25) is 0 Å². The molecule has 0 atom stereocenters. The highest BCUT2D eigenvalue weighted by atomic mass is 32.2. The lowest BCUT2D eigenvalue weighted by atomic mass is 11.4. The van der Waals surface area contributed by atoms with Gasteiger partial charge in [0.15, 0.2) is 5.17 Å². The van der Waals surface area contributed by atoms with Crippen LogP contribution in [0.5, 0.6) is 0 Å². The second kappa shape index (κ2) is 0.402. The average Bonchev–Trinajstić information content (AvgIpc) is 1.75. The topological polar surface area (TPSA) is 38.4 Å². The van der Waals surface area contributed by atoms with Gasteiger partial charge in [0.2, 0.25) is 0 Å². The summed E-state index contributed by atoms with van der Waals surface area (Å²) in [6.45, 7) is 0. The van der Waals surface area contributed by atoms with Crippen molar-refractivity contribution in [2.75, 3.05) is 0 Å². The zero-order valence-corrected chi connectivity index (χ0v) is 2.75. The van der Waals surface area contributed by atoms with Crippen molar-refractivity contribution in [1.82, 2.24) is 0 Å². The molecule has 0 unspecified atom stereocenters. The molecule has 0 radical (unpaired) electrons. The van der Waals surface area contributed by atoms with E-state index in [9.17, 15) is 0 Å². The molecule has 1 aliphatic heterocycles. The summed E-state index contributed by atoms with van der Waals surface area (Å²) in [5, 5.41) is 0.708. The Balaban J connectivity index is 2.54.